The Labute approximate surface area is 84.1 Å². The Morgan fingerprint density at radius 2 is 2.13 bits per heavy atom. The highest BCUT2D eigenvalue weighted by Gasteiger charge is 2.29. The molecule has 0 bridgehead atoms. The van der Waals surface area contributed by atoms with E-state index in [1.807, 2.05) is 0 Å². The Morgan fingerprint density at radius 3 is 2.60 bits per heavy atom. The second-order valence-corrected chi connectivity index (χ2v) is 2.49. The molecule has 1 aliphatic heterocycles. The normalized spacial score (nSPS) is 14.4. The van der Waals surface area contributed by atoms with E-state index in [9.17, 15) is 14.4 Å². The largest absolute Gasteiger partial charge is 0.447 e. The molecule has 0 aromatic carbocycles. The monoisotopic (exact) mass is 216 g/mol. The molecule has 0 aliphatic carbocycles. The van der Waals surface area contributed by atoms with E-state index in [4.69, 9.17) is 0 Å². The topological polar surface area (TPSA) is 108 Å². The first-order chi connectivity index (χ1) is 7.02. The van der Waals surface area contributed by atoms with E-state index in [0.29, 0.717) is 0 Å². The number of hydrogen-bond acceptors (Lipinski definition) is 6. The van der Waals surface area contributed by atoms with Crippen LogP contribution in [-0.4, -0.2) is 36.2 Å². The maximum Gasteiger partial charge on any atom is 0.447 e. The van der Waals surface area contributed by atoms with Crippen LogP contribution in [0, 0.1) is 0 Å². The predicted octanol–water partition coefficient (Wildman–Crippen LogP) is -0.494. The zero-order valence-electron chi connectivity index (χ0n) is 7.60. The summed E-state index contributed by atoms with van der Waals surface area (Å²) in [7, 11) is 0. The van der Waals surface area contributed by atoms with Crippen molar-refractivity contribution in [3.05, 3.63) is 12.3 Å². The van der Waals surface area contributed by atoms with Gasteiger partial charge in [0.2, 0.25) is 0 Å². The fourth-order valence-electron chi connectivity index (χ4n) is 0.876. The van der Waals surface area contributed by atoms with Crippen molar-refractivity contribution < 1.29 is 28.9 Å². The number of carbonyl (C=O) groups excluding carboxylic acids is 3. The number of primary amides is 1. The summed E-state index contributed by atoms with van der Waals surface area (Å²) in [6.45, 7) is 3.62. The van der Waals surface area contributed by atoms with Crippen LogP contribution in [0.3, 0.4) is 0 Å². The van der Waals surface area contributed by atoms with Crippen LogP contribution in [0.25, 0.3) is 0 Å². The van der Waals surface area contributed by atoms with Crippen molar-refractivity contribution in [2.24, 2.45) is 5.73 Å². The molecule has 0 radical (unpaired) electrons. The molecule has 0 atom stereocenters. The van der Waals surface area contributed by atoms with Gasteiger partial charge >= 0.3 is 18.2 Å². The second kappa shape index (κ2) is 4.31. The van der Waals surface area contributed by atoms with Crippen molar-refractivity contribution in [3.8, 4) is 0 Å². The van der Waals surface area contributed by atoms with Gasteiger partial charge in [0.15, 0.2) is 0 Å². The molecular weight excluding hydrogens is 208 g/mol. The minimum atomic E-state index is -1.28. The number of hydrogen-bond donors (Lipinski definition) is 1. The predicted molar refractivity (Wildman–Crippen MR) is 44.0 cm³/mol. The highest BCUT2D eigenvalue weighted by atomic mass is 17.2. The van der Waals surface area contributed by atoms with Crippen LogP contribution in [0.2, 0.25) is 0 Å². The maximum absolute atomic E-state index is 11.1. The SMILES string of the molecule is C=C(C(=O)OOC(N)=O)N1CCOC1=O. The zero-order chi connectivity index (χ0) is 11.4. The minimum Gasteiger partial charge on any atom is -0.447 e. The van der Waals surface area contributed by atoms with E-state index in [0.717, 1.165) is 4.90 Å². The van der Waals surface area contributed by atoms with Crippen LogP contribution in [0.1, 0.15) is 0 Å². The Morgan fingerprint density at radius 1 is 1.47 bits per heavy atom. The summed E-state index contributed by atoms with van der Waals surface area (Å²) >= 11 is 0. The first-order valence-electron chi connectivity index (χ1n) is 3.84. The molecule has 1 aliphatic rings. The van der Waals surface area contributed by atoms with Crippen molar-refractivity contribution in [3.63, 3.8) is 0 Å². The molecule has 1 fully saturated rings. The smallest absolute Gasteiger partial charge is 0.447 e. The summed E-state index contributed by atoms with van der Waals surface area (Å²) in [5.41, 5.74) is 4.26. The number of cyclic esters (lactones) is 1. The highest BCUT2D eigenvalue weighted by molar-refractivity contribution is 5.92. The molecule has 0 saturated carbocycles. The van der Waals surface area contributed by atoms with Gasteiger partial charge in [-0.1, -0.05) is 6.58 Å². The number of ether oxygens (including phenoxy) is 1. The lowest BCUT2D eigenvalue weighted by Crippen LogP contribution is -2.29. The van der Waals surface area contributed by atoms with Crippen LogP contribution in [0.5, 0.6) is 0 Å². The highest BCUT2D eigenvalue weighted by Crippen LogP contribution is 2.11. The second-order valence-electron chi connectivity index (χ2n) is 2.49. The Bertz CT molecular complexity index is 325. The minimum absolute atomic E-state index is 0.155. The lowest BCUT2D eigenvalue weighted by Gasteiger charge is -2.12. The molecule has 82 valence electrons. The number of amides is 2. The number of nitrogens with zero attached hydrogens (tertiary/aromatic N) is 1. The van der Waals surface area contributed by atoms with Crippen LogP contribution in [-0.2, 0) is 19.3 Å². The summed E-state index contributed by atoms with van der Waals surface area (Å²) in [4.78, 5) is 40.8. The van der Waals surface area contributed by atoms with Gasteiger partial charge in [-0.05, 0) is 0 Å². The van der Waals surface area contributed by atoms with Gasteiger partial charge in [-0.25, -0.2) is 24.2 Å². The average molecular weight is 216 g/mol. The van der Waals surface area contributed by atoms with E-state index in [1.165, 1.54) is 0 Å². The fraction of sp³-hybridized carbons (Fsp3) is 0.286. The van der Waals surface area contributed by atoms with Crippen LogP contribution in [0.15, 0.2) is 12.3 Å². The van der Waals surface area contributed by atoms with Gasteiger partial charge in [0.25, 0.3) is 0 Å². The summed E-state index contributed by atoms with van der Waals surface area (Å²) < 4.78 is 4.55. The molecule has 8 nitrogen and oxygen atoms in total. The molecule has 0 unspecified atom stereocenters. The first-order valence-corrected chi connectivity index (χ1v) is 3.84. The summed E-state index contributed by atoms with van der Waals surface area (Å²) in [5.74, 6) is -1.09. The maximum atomic E-state index is 11.1. The molecule has 1 heterocycles. The van der Waals surface area contributed by atoms with Gasteiger partial charge in [-0.2, -0.15) is 0 Å². The van der Waals surface area contributed by atoms with E-state index < -0.39 is 18.2 Å². The molecule has 0 spiro atoms. The third kappa shape index (κ3) is 2.59. The summed E-state index contributed by atoms with van der Waals surface area (Å²) in [6.07, 6.45) is -1.99. The van der Waals surface area contributed by atoms with E-state index in [-0.39, 0.29) is 18.8 Å². The molecule has 1 rings (SSSR count). The van der Waals surface area contributed by atoms with Crippen molar-refractivity contribution in [2.75, 3.05) is 13.2 Å². The van der Waals surface area contributed by atoms with Crippen molar-refractivity contribution >= 4 is 18.2 Å². The van der Waals surface area contributed by atoms with Gasteiger partial charge < -0.3 is 10.5 Å². The lowest BCUT2D eigenvalue weighted by molar-refractivity contribution is -0.227. The van der Waals surface area contributed by atoms with Crippen molar-refractivity contribution in [1.29, 1.82) is 0 Å². The van der Waals surface area contributed by atoms with E-state index in [2.05, 4.69) is 26.8 Å². The average Bonchev–Trinajstić information content (AvgIpc) is 2.59. The zero-order valence-corrected chi connectivity index (χ0v) is 7.60. The van der Waals surface area contributed by atoms with E-state index in [1.54, 1.807) is 0 Å². The lowest BCUT2D eigenvalue weighted by atomic mass is 10.4. The standard InChI is InChI=1S/C7H8N2O6/c1-4(5(10)14-15-6(8)11)9-2-3-13-7(9)12/h1-3H2,(H2,8,11). The molecule has 15 heavy (non-hydrogen) atoms. The summed E-state index contributed by atoms with van der Waals surface area (Å²) in [5, 5.41) is 0. The van der Waals surface area contributed by atoms with Crippen LogP contribution in [0.4, 0.5) is 9.59 Å². The number of rotatable bonds is 2. The Kier molecular flexibility index (Phi) is 3.11. The Hall–Kier alpha value is -2.25. The van der Waals surface area contributed by atoms with Gasteiger partial charge in [-0.15, -0.1) is 0 Å². The first kappa shape index (κ1) is 10.8. The van der Waals surface area contributed by atoms with Gasteiger partial charge in [0.1, 0.15) is 12.3 Å². The van der Waals surface area contributed by atoms with Gasteiger partial charge in [0.05, 0.1) is 6.54 Å². The van der Waals surface area contributed by atoms with Crippen molar-refractivity contribution in [2.45, 2.75) is 0 Å². The molecule has 0 aromatic heterocycles. The fourth-order valence-corrected chi connectivity index (χ4v) is 0.876. The third-order valence-corrected chi connectivity index (χ3v) is 1.52. The molecule has 8 heteroatoms. The molecule has 2 N–H and O–H groups in total. The molecule has 2 amide bonds. The Balaban J connectivity index is 2.49. The number of carbonyl (C=O) groups is 3. The van der Waals surface area contributed by atoms with Gasteiger partial charge in [0, 0.05) is 0 Å². The molecule has 0 aromatic rings. The number of nitrogens with two attached hydrogens (primary N) is 1. The van der Waals surface area contributed by atoms with Crippen LogP contribution < -0.4 is 5.73 Å². The molecule has 1 saturated heterocycles. The third-order valence-electron chi connectivity index (χ3n) is 1.52. The van der Waals surface area contributed by atoms with Gasteiger partial charge in [-0.3, -0.25) is 4.90 Å². The van der Waals surface area contributed by atoms with E-state index >= 15 is 0 Å². The quantitative estimate of drug-likeness (QED) is 0.379. The molecular formula is C7H8N2O6. The van der Waals surface area contributed by atoms with Crippen molar-refractivity contribution in [1.82, 2.24) is 4.90 Å². The van der Waals surface area contributed by atoms with Crippen LogP contribution >= 0.6 is 0 Å². The summed E-state index contributed by atoms with van der Waals surface area (Å²) in [6, 6.07) is 0.